The Labute approximate surface area is 105 Å². The highest BCUT2D eigenvalue weighted by Crippen LogP contribution is 2.13. The van der Waals surface area contributed by atoms with E-state index in [2.05, 4.69) is 5.32 Å². The Morgan fingerprint density at radius 1 is 1.06 bits per heavy atom. The van der Waals surface area contributed by atoms with Crippen LogP contribution in [0.4, 0.5) is 11.4 Å². The highest BCUT2D eigenvalue weighted by Gasteiger charge is 2.04. The first-order valence-electron chi connectivity index (χ1n) is 5.57. The number of hydrogen-bond donors (Lipinski definition) is 3. The molecule has 0 radical (unpaired) electrons. The molecule has 2 aromatic carbocycles. The van der Waals surface area contributed by atoms with Gasteiger partial charge in [-0.1, -0.05) is 12.1 Å². The number of amides is 1. The van der Waals surface area contributed by atoms with Crippen molar-refractivity contribution in [2.45, 2.75) is 6.42 Å². The fourth-order valence-electron chi connectivity index (χ4n) is 1.57. The summed E-state index contributed by atoms with van der Waals surface area (Å²) in [6.45, 7) is 0. The van der Waals surface area contributed by atoms with Crippen LogP contribution in [0.15, 0.2) is 48.5 Å². The van der Waals surface area contributed by atoms with Crippen LogP contribution < -0.4 is 11.1 Å². The summed E-state index contributed by atoms with van der Waals surface area (Å²) in [5, 5.41) is 11.9. The third-order valence-electron chi connectivity index (χ3n) is 2.50. The Morgan fingerprint density at radius 3 is 2.28 bits per heavy atom. The van der Waals surface area contributed by atoms with Crippen LogP contribution in [0.5, 0.6) is 5.75 Å². The highest BCUT2D eigenvalue weighted by atomic mass is 16.3. The van der Waals surface area contributed by atoms with Crippen LogP contribution in [0.3, 0.4) is 0 Å². The molecule has 2 aromatic rings. The Hall–Kier alpha value is -2.49. The summed E-state index contributed by atoms with van der Waals surface area (Å²) in [4.78, 5) is 11.7. The molecular formula is C14H14N2O2. The van der Waals surface area contributed by atoms with E-state index in [1.54, 1.807) is 48.5 Å². The van der Waals surface area contributed by atoms with E-state index in [1.165, 1.54) is 0 Å². The molecular weight excluding hydrogens is 228 g/mol. The molecule has 18 heavy (non-hydrogen) atoms. The van der Waals surface area contributed by atoms with Gasteiger partial charge in [0.25, 0.3) is 0 Å². The Kier molecular flexibility index (Phi) is 3.48. The van der Waals surface area contributed by atoms with Crippen molar-refractivity contribution >= 4 is 17.3 Å². The molecule has 2 rings (SSSR count). The van der Waals surface area contributed by atoms with Gasteiger partial charge in [0.1, 0.15) is 5.75 Å². The van der Waals surface area contributed by atoms with Crippen molar-refractivity contribution in [1.82, 2.24) is 0 Å². The number of aromatic hydroxyl groups is 1. The van der Waals surface area contributed by atoms with Gasteiger partial charge in [-0.25, -0.2) is 0 Å². The van der Waals surface area contributed by atoms with Crippen molar-refractivity contribution < 1.29 is 9.90 Å². The van der Waals surface area contributed by atoms with Crippen LogP contribution in [0.25, 0.3) is 0 Å². The van der Waals surface area contributed by atoms with Gasteiger partial charge in [0, 0.05) is 11.4 Å². The van der Waals surface area contributed by atoms with E-state index < -0.39 is 0 Å². The van der Waals surface area contributed by atoms with Crippen LogP contribution >= 0.6 is 0 Å². The van der Waals surface area contributed by atoms with E-state index in [9.17, 15) is 4.79 Å². The molecule has 92 valence electrons. The molecule has 0 aliphatic carbocycles. The Bertz CT molecular complexity index is 483. The highest BCUT2D eigenvalue weighted by molar-refractivity contribution is 5.92. The molecule has 0 atom stereocenters. The molecule has 4 heteroatoms. The third-order valence-corrected chi connectivity index (χ3v) is 2.50. The fraction of sp³-hybridized carbons (Fsp3) is 0.0714. The predicted octanol–water partition coefficient (Wildman–Crippen LogP) is 2.16. The first kappa shape index (κ1) is 12.0. The number of carbonyl (C=O) groups is 1. The number of nitrogen functional groups attached to an aromatic ring is 1. The number of nitrogens with one attached hydrogen (secondary N) is 1. The number of rotatable bonds is 3. The van der Waals surface area contributed by atoms with Crippen molar-refractivity contribution in [2.75, 3.05) is 11.1 Å². The van der Waals surface area contributed by atoms with Gasteiger partial charge in [-0.2, -0.15) is 0 Å². The van der Waals surface area contributed by atoms with Crippen LogP contribution in [0, 0.1) is 0 Å². The van der Waals surface area contributed by atoms with E-state index in [1.807, 2.05) is 0 Å². The molecule has 0 bridgehead atoms. The van der Waals surface area contributed by atoms with Gasteiger partial charge in [0.05, 0.1) is 6.42 Å². The summed E-state index contributed by atoms with van der Waals surface area (Å²) in [6.07, 6.45) is 0.269. The number of nitrogens with two attached hydrogens (primary N) is 1. The van der Waals surface area contributed by atoms with Gasteiger partial charge >= 0.3 is 0 Å². The molecule has 0 aliphatic rings. The first-order chi connectivity index (χ1) is 8.63. The van der Waals surface area contributed by atoms with Crippen LogP contribution in [0.2, 0.25) is 0 Å². The lowest BCUT2D eigenvalue weighted by Crippen LogP contribution is -2.14. The zero-order chi connectivity index (χ0) is 13.0. The van der Waals surface area contributed by atoms with Gasteiger partial charge in [0.2, 0.25) is 5.91 Å². The maximum absolute atomic E-state index is 11.7. The van der Waals surface area contributed by atoms with Crippen LogP contribution in [-0.2, 0) is 11.2 Å². The quantitative estimate of drug-likeness (QED) is 0.722. The largest absolute Gasteiger partial charge is 0.508 e. The number of hydrogen-bond acceptors (Lipinski definition) is 3. The molecule has 0 saturated heterocycles. The molecule has 0 aliphatic heterocycles. The lowest BCUT2D eigenvalue weighted by Gasteiger charge is -2.05. The molecule has 4 N–H and O–H groups in total. The van der Waals surface area contributed by atoms with E-state index in [-0.39, 0.29) is 18.1 Å². The number of benzene rings is 2. The van der Waals surface area contributed by atoms with Gasteiger partial charge < -0.3 is 16.2 Å². The first-order valence-corrected chi connectivity index (χ1v) is 5.57. The topological polar surface area (TPSA) is 75.3 Å². The summed E-state index contributed by atoms with van der Waals surface area (Å²) in [5.74, 6) is 0.0863. The molecule has 1 amide bonds. The van der Waals surface area contributed by atoms with E-state index in [0.717, 1.165) is 5.56 Å². The molecule has 4 nitrogen and oxygen atoms in total. The smallest absolute Gasteiger partial charge is 0.228 e. The van der Waals surface area contributed by atoms with Crippen molar-refractivity contribution in [3.63, 3.8) is 0 Å². The Balaban J connectivity index is 1.96. The molecule has 0 heterocycles. The molecule has 0 spiro atoms. The lowest BCUT2D eigenvalue weighted by atomic mass is 10.1. The maximum atomic E-state index is 11.7. The van der Waals surface area contributed by atoms with Gasteiger partial charge in [-0.3, -0.25) is 4.79 Å². The second kappa shape index (κ2) is 5.23. The van der Waals surface area contributed by atoms with E-state index in [0.29, 0.717) is 11.4 Å². The van der Waals surface area contributed by atoms with Gasteiger partial charge in [0.15, 0.2) is 0 Å². The normalized spacial score (nSPS) is 10.0. The lowest BCUT2D eigenvalue weighted by molar-refractivity contribution is -0.115. The van der Waals surface area contributed by atoms with Crippen molar-refractivity contribution in [1.29, 1.82) is 0 Å². The van der Waals surface area contributed by atoms with E-state index in [4.69, 9.17) is 10.8 Å². The molecule has 0 unspecified atom stereocenters. The summed E-state index contributed by atoms with van der Waals surface area (Å²) in [5.41, 5.74) is 7.78. The summed E-state index contributed by atoms with van der Waals surface area (Å²) >= 11 is 0. The average Bonchev–Trinajstić information content (AvgIpc) is 2.35. The fourth-order valence-corrected chi connectivity index (χ4v) is 1.57. The van der Waals surface area contributed by atoms with Gasteiger partial charge in [-0.05, 0) is 42.0 Å². The monoisotopic (exact) mass is 242 g/mol. The van der Waals surface area contributed by atoms with Crippen LogP contribution in [-0.4, -0.2) is 11.0 Å². The molecule has 0 saturated carbocycles. The maximum Gasteiger partial charge on any atom is 0.228 e. The molecule has 0 aromatic heterocycles. The minimum atomic E-state index is -0.106. The number of carbonyl (C=O) groups excluding carboxylic acids is 1. The minimum absolute atomic E-state index is 0.106. The van der Waals surface area contributed by atoms with Crippen molar-refractivity contribution in [3.8, 4) is 5.75 Å². The molecule has 0 fully saturated rings. The standard InChI is InChI=1S/C14H14N2O2/c15-11-3-5-12(6-4-11)16-14(18)9-10-1-7-13(17)8-2-10/h1-8,17H,9,15H2,(H,16,18). The summed E-state index contributed by atoms with van der Waals surface area (Å²) < 4.78 is 0. The third kappa shape index (κ3) is 3.25. The number of phenols is 1. The van der Waals surface area contributed by atoms with Crippen molar-refractivity contribution in [3.05, 3.63) is 54.1 Å². The predicted molar refractivity (Wildman–Crippen MR) is 71.3 cm³/mol. The zero-order valence-corrected chi connectivity index (χ0v) is 9.76. The van der Waals surface area contributed by atoms with Crippen LogP contribution in [0.1, 0.15) is 5.56 Å². The average molecular weight is 242 g/mol. The number of anilines is 2. The second-order valence-electron chi connectivity index (χ2n) is 4.01. The number of phenolic OH excluding ortho intramolecular Hbond substituents is 1. The summed E-state index contributed by atoms with van der Waals surface area (Å²) in [7, 11) is 0. The van der Waals surface area contributed by atoms with Gasteiger partial charge in [-0.15, -0.1) is 0 Å². The minimum Gasteiger partial charge on any atom is -0.508 e. The zero-order valence-electron chi connectivity index (χ0n) is 9.76. The summed E-state index contributed by atoms with van der Waals surface area (Å²) in [6, 6.07) is 13.5. The second-order valence-corrected chi connectivity index (χ2v) is 4.01. The Morgan fingerprint density at radius 2 is 1.67 bits per heavy atom. The van der Waals surface area contributed by atoms with Crippen molar-refractivity contribution in [2.24, 2.45) is 0 Å². The SMILES string of the molecule is Nc1ccc(NC(=O)Cc2ccc(O)cc2)cc1. The van der Waals surface area contributed by atoms with E-state index >= 15 is 0 Å².